The van der Waals surface area contributed by atoms with Crippen LogP contribution >= 0.6 is 0 Å². The SMILES string of the molecule is CNC(C)c1ccc2ccccc2c1OC1CCOC1=O. The highest BCUT2D eigenvalue weighted by Crippen LogP contribution is 2.35. The molecule has 4 nitrogen and oxygen atoms in total. The summed E-state index contributed by atoms with van der Waals surface area (Å²) in [5, 5.41) is 5.35. The normalized spacial score (nSPS) is 19.5. The van der Waals surface area contributed by atoms with Gasteiger partial charge in [-0.05, 0) is 19.4 Å². The molecule has 21 heavy (non-hydrogen) atoms. The van der Waals surface area contributed by atoms with Crippen LogP contribution in [0.4, 0.5) is 0 Å². The summed E-state index contributed by atoms with van der Waals surface area (Å²) >= 11 is 0. The van der Waals surface area contributed by atoms with Gasteiger partial charge in [-0.2, -0.15) is 0 Å². The van der Waals surface area contributed by atoms with Crippen molar-refractivity contribution in [2.75, 3.05) is 13.7 Å². The quantitative estimate of drug-likeness (QED) is 0.878. The number of carbonyl (C=O) groups is 1. The number of ether oxygens (including phenoxy) is 2. The van der Waals surface area contributed by atoms with Crippen LogP contribution in [0.1, 0.15) is 24.9 Å². The maximum atomic E-state index is 11.7. The van der Waals surface area contributed by atoms with Crippen molar-refractivity contribution in [3.05, 3.63) is 42.0 Å². The molecule has 1 aliphatic rings. The molecule has 0 aliphatic carbocycles. The van der Waals surface area contributed by atoms with Gasteiger partial charge in [0, 0.05) is 23.4 Å². The van der Waals surface area contributed by atoms with Crippen molar-refractivity contribution < 1.29 is 14.3 Å². The second-order valence-electron chi connectivity index (χ2n) is 5.28. The maximum absolute atomic E-state index is 11.7. The van der Waals surface area contributed by atoms with Crippen molar-refractivity contribution >= 4 is 16.7 Å². The predicted molar refractivity (Wildman–Crippen MR) is 81.4 cm³/mol. The smallest absolute Gasteiger partial charge is 0.347 e. The monoisotopic (exact) mass is 285 g/mol. The topological polar surface area (TPSA) is 47.6 Å². The van der Waals surface area contributed by atoms with Gasteiger partial charge in [0.2, 0.25) is 0 Å². The second-order valence-corrected chi connectivity index (χ2v) is 5.28. The summed E-state index contributed by atoms with van der Waals surface area (Å²) in [6, 6.07) is 12.3. The number of nitrogens with one attached hydrogen (secondary N) is 1. The fourth-order valence-corrected chi connectivity index (χ4v) is 2.61. The largest absolute Gasteiger partial charge is 0.478 e. The molecule has 2 unspecified atom stereocenters. The first-order valence-electron chi connectivity index (χ1n) is 7.23. The molecule has 2 atom stereocenters. The Morgan fingerprint density at radius 3 is 2.81 bits per heavy atom. The van der Waals surface area contributed by atoms with Crippen LogP contribution in [0.3, 0.4) is 0 Å². The first kappa shape index (κ1) is 13.9. The lowest BCUT2D eigenvalue weighted by Crippen LogP contribution is -2.23. The van der Waals surface area contributed by atoms with E-state index < -0.39 is 6.10 Å². The minimum Gasteiger partial charge on any atom is -0.478 e. The number of hydrogen-bond donors (Lipinski definition) is 1. The Labute approximate surface area is 124 Å². The van der Waals surface area contributed by atoms with Gasteiger partial charge in [-0.1, -0.05) is 36.4 Å². The number of benzene rings is 2. The number of hydrogen-bond acceptors (Lipinski definition) is 4. The Morgan fingerprint density at radius 1 is 1.29 bits per heavy atom. The third-order valence-corrected chi connectivity index (χ3v) is 3.96. The summed E-state index contributed by atoms with van der Waals surface area (Å²) in [7, 11) is 1.91. The van der Waals surface area contributed by atoms with E-state index in [-0.39, 0.29) is 12.0 Å². The summed E-state index contributed by atoms with van der Waals surface area (Å²) in [6.07, 6.45) is 0.105. The van der Waals surface area contributed by atoms with E-state index in [1.807, 2.05) is 31.3 Å². The lowest BCUT2D eigenvalue weighted by Gasteiger charge is -2.20. The minimum absolute atomic E-state index is 0.141. The van der Waals surface area contributed by atoms with Crippen LogP contribution in [0.5, 0.6) is 5.75 Å². The molecule has 4 heteroatoms. The van der Waals surface area contributed by atoms with Gasteiger partial charge in [0.15, 0.2) is 6.10 Å². The highest BCUT2D eigenvalue weighted by molar-refractivity contribution is 5.90. The molecule has 0 saturated carbocycles. The van der Waals surface area contributed by atoms with Crippen molar-refractivity contribution in [2.45, 2.75) is 25.5 Å². The van der Waals surface area contributed by atoms with E-state index in [4.69, 9.17) is 9.47 Å². The average Bonchev–Trinajstić information content (AvgIpc) is 2.92. The second kappa shape index (κ2) is 5.74. The van der Waals surface area contributed by atoms with Gasteiger partial charge in [0.05, 0.1) is 6.61 Å². The van der Waals surface area contributed by atoms with Crippen LogP contribution in [0.15, 0.2) is 36.4 Å². The molecule has 1 heterocycles. The summed E-state index contributed by atoms with van der Waals surface area (Å²) in [6.45, 7) is 2.51. The molecule has 1 saturated heterocycles. The van der Waals surface area contributed by atoms with Crippen LogP contribution in [0.2, 0.25) is 0 Å². The zero-order chi connectivity index (χ0) is 14.8. The van der Waals surface area contributed by atoms with E-state index in [1.165, 1.54) is 0 Å². The van der Waals surface area contributed by atoms with Crippen LogP contribution in [0.25, 0.3) is 10.8 Å². The van der Waals surface area contributed by atoms with Crippen LogP contribution in [0, 0.1) is 0 Å². The zero-order valence-electron chi connectivity index (χ0n) is 12.3. The Kier molecular flexibility index (Phi) is 3.80. The zero-order valence-corrected chi connectivity index (χ0v) is 12.3. The van der Waals surface area contributed by atoms with E-state index in [0.717, 1.165) is 22.1 Å². The van der Waals surface area contributed by atoms with Gasteiger partial charge in [-0.25, -0.2) is 4.79 Å². The van der Waals surface area contributed by atoms with Crippen LogP contribution < -0.4 is 10.1 Å². The highest BCUT2D eigenvalue weighted by Gasteiger charge is 2.30. The fourth-order valence-electron chi connectivity index (χ4n) is 2.61. The van der Waals surface area contributed by atoms with Gasteiger partial charge in [-0.3, -0.25) is 0 Å². The average molecular weight is 285 g/mol. The lowest BCUT2D eigenvalue weighted by molar-refractivity contribution is -0.143. The molecular formula is C17H19NO3. The molecule has 1 aliphatic heterocycles. The molecule has 110 valence electrons. The van der Waals surface area contributed by atoms with Gasteiger partial charge in [0.25, 0.3) is 0 Å². The van der Waals surface area contributed by atoms with E-state index in [0.29, 0.717) is 13.0 Å². The standard InChI is InChI=1S/C17H19NO3/c1-11(18-2)13-8-7-12-5-3-4-6-14(12)16(13)21-15-9-10-20-17(15)19/h3-8,11,15,18H,9-10H2,1-2H3. The minimum atomic E-state index is -0.501. The molecule has 0 aromatic heterocycles. The molecule has 1 N–H and O–H groups in total. The van der Waals surface area contributed by atoms with Crippen molar-refractivity contribution in [3.63, 3.8) is 0 Å². The van der Waals surface area contributed by atoms with E-state index in [2.05, 4.69) is 24.4 Å². The Balaban J connectivity index is 2.09. The third kappa shape index (κ3) is 2.59. The van der Waals surface area contributed by atoms with Crippen LogP contribution in [-0.4, -0.2) is 25.7 Å². The van der Waals surface area contributed by atoms with Crippen molar-refractivity contribution in [1.82, 2.24) is 5.32 Å². The Hall–Kier alpha value is -2.07. The molecule has 0 radical (unpaired) electrons. The molecule has 0 spiro atoms. The Morgan fingerprint density at radius 2 is 2.10 bits per heavy atom. The number of rotatable bonds is 4. The molecule has 0 amide bonds. The first-order valence-corrected chi connectivity index (χ1v) is 7.23. The maximum Gasteiger partial charge on any atom is 0.347 e. The lowest BCUT2D eigenvalue weighted by atomic mass is 10.0. The van der Waals surface area contributed by atoms with Crippen LogP contribution in [-0.2, 0) is 9.53 Å². The van der Waals surface area contributed by atoms with Gasteiger partial charge < -0.3 is 14.8 Å². The highest BCUT2D eigenvalue weighted by atomic mass is 16.6. The molecule has 2 aromatic carbocycles. The van der Waals surface area contributed by atoms with E-state index >= 15 is 0 Å². The summed E-state index contributed by atoms with van der Waals surface area (Å²) in [5.41, 5.74) is 1.05. The van der Waals surface area contributed by atoms with E-state index in [9.17, 15) is 4.79 Å². The number of fused-ring (bicyclic) bond motifs is 1. The van der Waals surface area contributed by atoms with E-state index in [1.54, 1.807) is 0 Å². The predicted octanol–water partition coefficient (Wildman–Crippen LogP) is 2.81. The summed E-state index contributed by atoms with van der Waals surface area (Å²) < 4.78 is 11.0. The van der Waals surface area contributed by atoms with Gasteiger partial charge in [0.1, 0.15) is 5.75 Å². The van der Waals surface area contributed by atoms with Crippen molar-refractivity contribution in [1.29, 1.82) is 0 Å². The molecule has 0 bridgehead atoms. The summed E-state index contributed by atoms with van der Waals surface area (Å²) in [4.78, 5) is 11.7. The fraction of sp³-hybridized carbons (Fsp3) is 0.353. The van der Waals surface area contributed by atoms with Crippen molar-refractivity contribution in [3.8, 4) is 5.75 Å². The van der Waals surface area contributed by atoms with Gasteiger partial charge >= 0.3 is 5.97 Å². The first-order chi connectivity index (χ1) is 10.2. The molecule has 3 rings (SSSR count). The number of cyclic esters (lactones) is 1. The number of esters is 1. The molecule has 2 aromatic rings. The third-order valence-electron chi connectivity index (χ3n) is 3.96. The summed E-state index contributed by atoms with van der Waals surface area (Å²) in [5.74, 6) is 0.504. The Bertz CT molecular complexity index is 668. The molecular weight excluding hydrogens is 266 g/mol. The number of carbonyl (C=O) groups excluding carboxylic acids is 1. The van der Waals surface area contributed by atoms with Crippen molar-refractivity contribution in [2.24, 2.45) is 0 Å². The van der Waals surface area contributed by atoms with Gasteiger partial charge in [-0.15, -0.1) is 0 Å². The molecule has 1 fully saturated rings.